The van der Waals surface area contributed by atoms with Gasteiger partial charge in [-0.3, -0.25) is 4.79 Å². The van der Waals surface area contributed by atoms with Crippen LogP contribution in [-0.2, 0) is 19.4 Å². The van der Waals surface area contributed by atoms with Gasteiger partial charge in [0, 0.05) is 22.2 Å². The normalized spacial score (nSPS) is 13.2. The van der Waals surface area contributed by atoms with Crippen molar-refractivity contribution < 1.29 is 9.53 Å². The number of hydrogen-bond acceptors (Lipinski definition) is 3. The number of nitrogens with zero attached hydrogens (tertiary/aromatic N) is 1. The van der Waals surface area contributed by atoms with Gasteiger partial charge in [0.05, 0.1) is 6.21 Å². The molecule has 1 aliphatic carbocycles. The van der Waals surface area contributed by atoms with Crippen molar-refractivity contribution in [2.75, 3.05) is 0 Å². The molecule has 0 bridgehead atoms. The van der Waals surface area contributed by atoms with Crippen molar-refractivity contribution in [2.45, 2.75) is 32.3 Å². The number of carbonyl (C=O) groups excluding carboxylic acids is 1. The second-order valence-corrected chi connectivity index (χ2v) is 8.10. The number of fused-ring (bicyclic) bond motifs is 3. The summed E-state index contributed by atoms with van der Waals surface area (Å²) in [4.78, 5) is 16.1. The molecular weight excluding hydrogens is 398 g/mol. The van der Waals surface area contributed by atoms with Gasteiger partial charge in [0.25, 0.3) is 5.91 Å². The van der Waals surface area contributed by atoms with Gasteiger partial charge in [0.1, 0.15) is 12.4 Å². The minimum atomic E-state index is -0.217. The molecule has 5 heteroatoms. The minimum absolute atomic E-state index is 0.217. The largest absolute Gasteiger partial charge is 0.489 e. The van der Waals surface area contributed by atoms with Gasteiger partial charge in [-0.25, -0.2) is 5.43 Å². The summed E-state index contributed by atoms with van der Waals surface area (Å²) in [6, 6.07) is 23.5. The van der Waals surface area contributed by atoms with Crippen LogP contribution in [-0.4, -0.2) is 17.1 Å². The Morgan fingerprint density at radius 2 is 1.88 bits per heavy atom. The second kappa shape index (κ2) is 9.10. The number of H-pyrrole nitrogens is 1. The van der Waals surface area contributed by atoms with E-state index < -0.39 is 0 Å². The number of amides is 1. The van der Waals surface area contributed by atoms with Crippen LogP contribution in [0.15, 0.2) is 77.9 Å². The van der Waals surface area contributed by atoms with Crippen LogP contribution in [0, 0.1) is 0 Å². The van der Waals surface area contributed by atoms with Gasteiger partial charge in [0.2, 0.25) is 0 Å². The molecule has 0 saturated heterocycles. The third-order valence-corrected chi connectivity index (χ3v) is 5.85. The predicted octanol–water partition coefficient (Wildman–Crippen LogP) is 5.39. The molecule has 32 heavy (non-hydrogen) atoms. The summed E-state index contributed by atoms with van der Waals surface area (Å²) in [5.74, 6) is 0.539. The van der Waals surface area contributed by atoms with Gasteiger partial charge in [-0.15, -0.1) is 0 Å². The third kappa shape index (κ3) is 4.42. The van der Waals surface area contributed by atoms with Gasteiger partial charge in [-0.1, -0.05) is 42.5 Å². The molecule has 1 aliphatic rings. The maximum absolute atomic E-state index is 12.6. The third-order valence-electron chi connectivity index (χ3n) is 5.85. The fourth-order valence-electron chi connectivity index (χ4n) is 4.20. The van der Waals surface area contributed by atoms with Gasteiger partial charge in [0.15, 0.2) is 0 Å². The van der Waals surface area contributed by atoms with Gasteiger partial charge >= 0.3 is 0 Å². The van der Waals surface area contributed by atoms with Gasteiger partial charge in [-0.05, 0) is 72.7 Å². The number of nitrogens with one attached hydrogen (secondary N) is 2. The number of aromatic nitrogens is 1. The Labute approximate surface area is 187 Å². The number of ether oxygens (including phenoxy) is 1. The molecule has 1 aromatic heterocycles. The first kappa shape index (κ1) is 20.1. The van der Waals surface area contributed by atoms with E-state index in [1.807, 2.05) is 72.8 Å². The molecule has 4 aromatic rings. The van der Waals surface area contributed by atoms with Crippen molar-refractivity contribution in [2.24, 2.45) is 5.10 Å². The van der Waals surface area contributed by atoms with Crippen molar-refractivity contribution in [3.63, 3.8) is 0 Å². The first-order chi connectivity index (χ1) is 15.8. The summed E-state index contributed by atoms with van der Waals surface area (Å²) in [6.45, 7) is 0.503. The van der Waals surface area contributed by atoms with E-state index >= 15 is 0 Å². The molecule has 5 nitrogen and oxygen atoms in total. The van der Waals surface area contributed by atoms with E-state index in [-0.39, 0.29) is 5.91 Å². The quantitative estimate of drug-likeness (QED) is 0.323. The molecule has 1 heterocycles. The Balaban J connectivity index is 1.23. The van der Waals surface area contributed by atoms with Crippen LogP contribution in [0.1, 0.15) is 45.6 Å². The van der Waals surface area contributed by atoms with Crippen LogP contribution < -0.4 is 10.2 Å². The SMILES string of the molecule is O=C(N/N=C/c1cccc(OCc2ccccc2)c1)c1ccc2[nH]c3c(c2c1)CCCC3. The lowest BCUT2D eigenvalue weighted by molar-refractivity contribution is 0.0955. The monoisotopic (exact) mass is 423 g/mol. The molecule has 2 N–H and O–H groups in total. The Morgan fingerprint density at radius 1 is 1.00 bits per heavy atom. The Kier molecular flexibility index (Phi) is 5.71. The van der Waals surface area contributed by atoms with Crippen molar-refractivity contribution in [1.29, 1.82) is 0 Å². The van der Waals surface area contributed by atoms with Crippen LogP contribution >= 0.6 is 0 Å². The van der Waals surface area contributed by atoms with E-state index in [2.05, 4.69) is 15.5 Å². The zero-order valence-electron chi connectivity index (χ0n) is 17.8. The van der Waals surface area contributed by atoms with E-state index in [4.69, 9.17) is 4.74 Å². The number of hydrogen-bond donors (Lipinski definition) is 2. The second-order valence-electron chi connectivity index (χ2n) is 8.10. The minimum Gasteiger partial charge on any atom is -0.489 e. The van der Waals surface area contributed by atoms with Crippen LogP contribution in [0.3, 0.4) is 0 Å². The first-order valence-corrected chi connectivity index (χ1v) is 11.0. The average molecular weight is 424 g/mol. The molecule has 0 unspecified atom stereocenters. The Bertz CT molecular complexity index is 1270. The molecule has 1 amide bonds. The number of rotatable bonds is 6. The molecule has 0 atom stereocenters. The van der Waals surface area contributed by atoms with Crippen molar-refractivity contribution in [3.05, 3.63) is 101 Å². The number of benzene rings is 3. The summed E-state index contributed by atoms with van der Waals surface area (Å²) in [7, 11) is 0. The summed E-state index contributed by atoms with van der Waals surface area (Å²) in [6.07, 6.45) is 6.21. The molecule has 5 rings (SSSR count). The maximum atomic E-state index is 12.6. The van der Waals surface area contributed by atoms with Crippen LogP contribution in [0.2, 0.25) is 0 Å². The van der Waals surface area contributed by atoms with Crippen molar-refractivity contribution in [1.82, 2.24) is 10.4 Å². The summed E-state index contributed by atoms with van der Waals surface area (Å²) >= 11 is 0. The van der Waals surface area contributed by atoms with Crippen LogP contribution in [0.4, 0.5) is 0 Å². The summed E-state index contributed by atoms with van der Waals surface area (Å²) in [5.41, 5.74) is 8.99. The Morgan fingerprint density at radius 3 is 2.78 bits per heavy atom. The van der Waals surface area contributed by atoms with E-state index in [0.717, 1.165) is 40.6 Å². The summed E-state index contributed by atoms with van der Waals surface area (Å²) in [5, 5.41) is 5.30. The summed E-state index contributed by atoms with van der Waals surface area (Å²) < 4.78 is 5.86. The molecule has 0 spiro atoms. The van der Waals surface area contributed by atoms with Crippen LogP contribution in [0.5, 0.6) is 5.75 Å². The highest BCUT2D eigenvalue weighted by molar-refractivity contribution is 5.99. The van der Waals surface area contributed by atoms with Gasteiger partial charge < -0.3 is 9.72 Å². The zero-order valence-corrected chi connectivity index (χ0v) is 17.8. The number of aryl methyl sites for hydroxylation is 2. The van der Waals surface area contributed by atoms with Crippen molar-refractivity contribution >= 4 is 23.0 Å². The van der Waals surface area contributed by atoms with E-state index in [1.54, 1.807) is 6.21 Å². The molecular formula is C27H25N3O2. The molecule has 160 valence electrons. The fraction of sp³-hybridized carbons (Fsp3) is 0.185. The highest BCUT2D eigenvalue weighted by atomic mass is 16.5. The molecule has 0 aliphatic heterocycles. The fourth-order valence-corrected chi connectivity index (χ4v) is 4.20. The lowest BCUT2D eigenvalue weighted by Crippen LogP contribution is -2.17. The highest BCUT2D eigenvalue weighted by Crippen LogP contribution is 2.29. The topological polar surface area (TPSA) is 66.5 Å². The van der Waals surface area contributed by atoms with E-state index in [0.29, 0.717) is 12.2 Å². The first-order valence-electron chi connectivity index (χ1n) is 11.0. The number of hydrazone groups is 1. The molecule has 3 aromatic carbocycles. The maximum Gasteiger partial charge on any atom is 0.271 e. The van der Waals surface area contributed by atoms with E-state index in [1.165, 1.54) is 24.1 Å². The van der Waals surface area contributed by atoms with Gasteiger partial charge in [-0.2, -0.15) is 5.10 Å². The number of carbonyl (C=O) groups is 1. The van der Waals surface area contributed by atoms with Crippen LogP contribution in [0.25, 0.3) is 10.9 Å². The van der Waals surface area contributed by atoms with Crippen molar-refractivity contribution in [3.8, 4) is 5.75 Å². The smallest absolute Gasteiger partial charge is 0.271 e. The lowest BCUT2D eigenvalue weighted by atomic mass is 9.95. The standard InChI is InChI=1S/C27H25N3O2/c31-27(21-13-14-26-24(16-21)23-11-4-5-12-25(23)29-26)30-28-17-20-9-6-10-22(15-20)32-18-19-7-2-1-3-8-19/h1-3,6-10,13-17,29H,4-5,11-12,18H2,(H,30,31)/b28-17+. The molecule has 0 fully saturated rings. The molecule has 0 saturated carbocycles. The average Bonchev–Trinajstić information content (AvgIpc) is 3.21. The molecule has 0 radical (unpaired) electrons. The highest BCUT2D eigenvalue weighted by Gasteiger charge is 2.16. The number of aromatic amines is 1. The lowest BCUT2D eigenvalue weighted by Gasteiger charge is -2.10. The zero-order chi connectivity index (χ0) is 21.8. The van der Waals surface area contributed by atoms with E-state index in [9.17, 15) is 4.79 Å². The Hall–Kier alpha value is -3.86. The predicted molar refractivity (Wildman–Crippen MR) is 127 cm³/mol.